The minimum absolute atomic E-state index is 0.120. The lowest BCUT2D eigenvalue weighted by Crippen LogP contribution is -2.58. The molecule has 2 heterocycles. The Kier molecular flexibility index (Phi) is 12.8. The van der Waals surface area contributed by atoms with Crippen molar-refractivity contribution < 1.29 is 80.5 Å². The van der Waals surface area contributed by atoms with E-state index in [0.29, 0.717) is 22.7 Å². The molecule has 374 valence electrons. The molecule has 6 aromatic carbocycles. The number of alkyl halides is 14. The van der Waals surface area contributed by atoms with E-state index in [0.717, 1.165) is 59.7 Å². The second kappa shape index (κ2) is 18.2. The Morgan fingerprint density at radius 2 is 0.611 bits per heavy atom. The predicted molar refractivity (Wildman–Crippen MR) is 233 cm³/mol. The van der Waals surface area contributed by atoms with E-state index >= 15 is 35.1 Å². The average molecular weight is 1020 g/mol. The SMILES string of the molecule is Cc1ccc(N(c2ccccc2)c2ccc(C3=C4C(=O)N(C(F)(F)C(F)(F)OC(F)(F)F)C(c5ccc(N(c6ccccc6)c6ccc(C)cc6)cc5)=C4C(=O)N3C(F)(F)C(F)(F)OC(F)(F)F)cc2)cc1. The van der Waals surface area contributed by atoms with E-state index < -0.39 is 92.3 Å². The lowest BCUT2D eigenvalue weighted by atomic mass is 10.0. The number of aryl methyl sites for hydroxylation is 2. The van der Waals surface area contributed by atoms with Crippen LogP contribution in [0.25, 0.3) is 11.4 Å². The van der Waals surface area contributed by atoms with Crippen molar-refractivity contribution in [2.24, 2.45) is 0 Å². The number of benzene rings is 6. The molecule has 0 aromatic heterocycles. The van der Waals surface area contributed by atoms with Gasteiger partial charge in [0.2, 0.25) is 0 Å². The van der Waals surface area contributed by atoms with Crippen LogP contribution < -0.4 is 9.80 Å². The van der Waals surface area contributed by atoms with Crippen LogP contribution in [-0.4, -0.2) is 58.6 Å². The highest BCUT2D eigenvalue weighted by molar-refractivity contribution is 6.30. The molecular weight excluding hydrogens is 987 g/mol. The van der Waals surface area contributed by atoms with Crippen LogP contribution in [0.4, 0.5) is 95.6 Å². The lowest BCUT2D eigenvalue weighted by molar-refractivity contribution is -0.477. The summed E-state index contributed by atoms with van der Waals surface area (Å²) in [6, 6.07) is 24.1. The van der Waals surface area contributed by atoms with Crippen LogP contribution in [0.2, 0.25) is 0 Å². The van der Waals surface area contributed by atoms with Gasteiger partial charge in [0.25, 0.3) is 11.8 Å². The number of ether oxygens (including phenoxy) is 2. The summed E-state index contributed by atoms with van der Waals surface area (Å²) >= 11 is 0. The first kappa shape index (κ1) is 50.7. The summed E-state index contributed by atoms with van der Waals surface area (Å²) in [7, 11) is 0. The zero-order valence-corrected chi connectivity index (χ0v) is 36.7. The summed E-state index contributed by atoms with van der Waals surface area (Å²) in [4.78, 5) is 29.4. The number of carbonyl (C=O) groups is 2. The Labute approximate surface area is 398 Å². The van der Waals surface area contributed by atoms with E-state index in [9.17, 15) is 35.9 Å². The van der Waals surface area contributed by atoms with Crippen LogP contribution in [0, 0.1) is 13.8 Å². The third-order valence-electron chi connectivity index (χ3n) is 11.2. The van der Waals surface area contributed by atoms with Gasteiger partial charge in [-0.1, -0.05) is 96.1 Å². The molecule has 22 heteroatoms. The quantitative estimate of drug-likeness (QED) is 0.0800. The van der Waals surface area contributed by atoms with Gasteiger partial charge in [-0.3, -0.25) is 9.59 Å². The van der Waals surface area contributed by atoms with Crippen molar-refractivity contribution in [2.45, 2.75) is 50.9 Å². The number of carbonyl (C=O) groups excluding carboxylic acids is 2. The summed E-state index contributed by atoms with van der Waals surface area (Å²) in [5.41, 5.74) is -5.66. The highest BCUT2D eigenvalue weighted by Crippen LogP contribution is 2.57. The average Bonchev–Trinajstić information content (AvgIpc) is 3.79. The number of anilines is 6. The van der Waals surface area contributed by atoms with Crippen LogP contribution in [0.3, 0.4) is 0 Å². The molecule has 0 bridgehead atoms. The molecule has 2 aliphatic rings. The van der Waals surface area contributed by atoms with Crippen molar-refractivity contribution in [3.63, 3.8) is 0 Å². The maximum atomic E-state index is 16.4. The topological polar surface area (TPSA) is 65.6 Å². The zero-order valence-electron chi connectivity index (χ0n) is 36.7. The van der Waals surface area contributed by atoms with E-state index in [1.165, 1.54) is 0 Å². The van der Waals surface area contributed by atoms with Crippen molar-refractivity contribution in [2.75, 3.05) is 9.80 Å². The van der Waals surface area contributed by atoms with Crippen molar-refractivity contribution in [3.8, 4) is 0 Å². The van der Waals surface area contributed by atoms with Crippen molar-refractivity contribution in [3.05, 3.63) is 191 Å². The molecule has 0 saturated heterocycles. The maximum Gasteiger partial charge on any atom is 0.527 e. The van der Waals surface area contributed by atoms with Gasteiger partial charge in [0, 0.05) is 34.1 Å². The summed E-state index contributed by atoms with van der Waals surface area (Å²) in [6.45, 7) is 3.55. The molecule has 0 atom stereocenters. The van der Waals surface area contributed by atoms with Gasteiger partial charge >= 0.3 is 37.0 Å². The molecule has 0 radical (unpaired) electrons. The summed E-state index contributed by atoms with van der Waals surface area (Å²) in [5.74, 6) is -5.33. The normalized spacial score (nSPS) is 14.9. The van der Waals surface area contributed by atoms with Gasteiger partial charge in [0.05, 0.1) is 22.5 Å². The molecule has 0 saturated carbocycles. The second-order valence-electron chi connectivity index (χ2n) is 16.0. The van der Waals surface area contributed by atoms with Gasteiger partial charge < -0.3 is 9.80 Å². The molecular formula is C50H32F14N4O4. The van der Waals surface area contributed by atoms with Crippen LogP contribution in [0.5, 0.6) is 0 Å². The maximum absolute atomic E-state index is 16.4. The Morgan fingerprint density at radius 1 is 0.361 bits per heavy atom. The predicted octanol–water partition coefficient (Wildman–Crippen LogP) is 14.5. The fourth-order valence-electron chi connectivity index (χ4n) is 8.03. The number of halogens is 14. The van der Waals surface area contributed by atoms with Gasteiger partial charge in [-0.15, -0.1) is 26.3 Å². The first-order valence-corrected chi connectivity index (χ1v) is 20.9. The molecule has 8 nitrogen and oxygen atoms in total. The Balaban J connectivity index is 1.38. The van der Waals surface area contributed by atoms with E-state index in [-0.39, 0.29) is 11.4 Å². The minimum Gasteiger partial charge on any atom is -0.311 e. The Bertz CT molecular complexity index is 2850. The number of hydrogen-bond donors (Lipinski definition) is 0. The van der Waals surface area contributed by atoms with Crippen molar-refractivity contribution >= 4 is 57.3 Å². The van der Waals surface area contributed by atoms with Gasteiger partial charge in [0.15, 0.2) is 0 Å². The third kappa shape index (κ3) is 9.34. The van der Waals surface area contributed by atoms with Gasteiger partial charge in [-0.2, -0.15) is 35.1 Å². The number of rotatable bonds is 14. The number of hydrogen-bond acceptors (Lipinski definition) is 6. The van der Waals surface area contributed by atoms with E-state index in [1.807, 2.05) is 0 Å². The molecule has 0 unspecified atom stereocenters. The van der Waals surface area contributed by atoms with E-state index in [2.05, 4.69) is 9.47 Å². The van der Waals surface area contributed by atoms with Gasteiger partial charge in [0.1, 0.15) is 0 Å². The number of amides is 2. The molecule has 8 rings (SSSR count). The van der Waals surface area contributed by atoms with Gasteiger partial charge in [-0.25, -0.2) is 19.3 Å². The number of nitrogens with zero attached hydrogens (tertiary/aromatic N) is 4. The van der Waals surface area contributed by atoms with Gasteiger partial charge in [-0.05, 0) is 97.8 Å². The van der Waals surface area contributed by atoms with Crippen LogP contribution in [-0.2, 0) is 19.1 Å². The Morgan fingerprint density at radius 3 is 0.875 bits per heavy atom. The molecule has 6 aromatic rings. The second-order valence-corrected chi connectivity index (χ2v) is 16.0. The Hall–Kier alpha value is -7.72. The lowest BCUT2D eigenvalue weighted by Gasteiger charge is -2.37. The van der Waals surface area contributed by atoms with E-state index in [4.69, 9.17) is 0 Å². The third-order valence-corrected chi connectivity index (χ3v) is 11.2. The summed E-state index contributed by atoms with van der Waals surface area (Å²) in [6.07, 6.45) is -26.6. The fourth-order valence-corrected chi connectivity index (χ4v) is 8.03. The molecule has 2 amide bonds. The number of para-hydroxylation sites is 2. The summed E-state index contributed by atoms with van der Waals surface area (Å²) < 4.78 is 212. The zero-order chi connectivity index (χ0) is 52.3. The van der Waals surface area contributed by atoms with Crippen molar-refractivity contribution in [1.29, 1.82) is 0 Å². The number of fused-ring (bicyclic) bond motifs is 1. The molecule has 0 N–H and O–H groups in total. The highest BCUT2D eigenvalue weighted by atomic mass is 19.4. The minimum atomic E-state index is -6.75. The molecule has 72 heavy (non-hydrogen) atoms. The summed E-state index contributed by atoms with van der Waals surface area (Å²) in [5, 5.41) is 0. The fraction of sp³-hybridized carbons (Fsp3) is 0.160. The molecule has 0 aliphatic carbocycles. The standard InChI is InChI=1S/C50H32F14N4O4/c1-29-13-21-35(22-14-29)65(33-9-5-3-6-10-33)37-25-17-31(18-26-37)41-39-40(44(70)67(41)45(51,52)47(55,56)71-49(59,60)61)42(68(43(39)69)46(53,54)48(57,58)72-50(62,63)64)32-19-27-38(28-20-32)66(34-11-7-4-8-12-34)36-23-15-30(2)16-24-36/h3-28H,1-2H3. The van der Waals surface area contributed by atoms with Crippen LogP contribution >= 0.6 is 0 Å². The molecule has 0 fully saturated rings. The smallest absolute Gasteiger partial charge is 0.311 e. The first-order valence-electron chi connectivity index (χ1n) is 20.9. The molecule has 2 aliphatic heterocycles. The highest BCUT2D eigenvalue weighted by Gasteiger charge is 2.74. The van der Waals surface area contributed by atoms with Crippen molar-refractivity contribution in [1.82, 2.24) is 9.80 Å². The van der Waals surface area contributed by atoms with E-state index in [1.54, 1.807) is 133 Å². The molecule has 0 spiro atoms. The van der Waals surface area contributed by atoms with Crippen LogP contribution in [0.1, 0.15) is 22.3 Å². The first-order chi connectivity index (χ1) is 33.6. The largest absolute Gasteiger partial charge is 0.527 e. The van der Waals surface area contributed by atoms with Crippen LogP contribution in [0.15, 0.2) is 169 Å². The monoisotopic (exact) mass is 1020 g/mol.